The molecule has 1 N–H and O–H groups in total. The largest absolute Gasteiger partial charge is 0.461 e. The Bertz CT molecular complexity index is 701. The molecular weight excluding hydrogens is 422 g/mol. The molecule has 2 aliphatic rings. The summed E-state index contributed by atoms with van der Waals surface area (Å²) in [6, 6.07) is -0.0517. The molecule has 0 aromatic heterocycles. The van der Waals surface area contributed by atoms with Gasteiger partial charge in [0.1, 0.15) is 6.10 Å². The highest BCUT2D eigenvalue weighted by atomic mass is 16.5. The lowest BCUT2D eigenvalue weighted by atomic mass is 9.88. The van der Waals surface area contributed by atoms with Gasteiger partial charge >= 0.3 is 0 Å². The standard InChI is InChI=1S/C26H41NO6/c1-18(6-9-23-15-22(16-30-5)12-13-31-23)7-10-25-19(2)14-24(21(4)33-25)27-26(29)11-8-20(3)32-17-28/h6-9,11,17,19-25H,10,12-16H2,1-5H3,(H,27,29)/b9-6+,11-8-,18-7+/t19-,20?,21?,22?,23?,24?,25?/m0/s1. The lowest BCUT2D eigenvalue weighted by Gasteiger charge is -2.39. The lowest BCUT2D eigenvalue weighted by Crippen LogP contribution is -2.50. The number of carbonyl (C=O) groups is 2. The Morgan fingerprint density at radius 1 is 1.24 bits per heavy atom. The fourth-order valence-corrected chi connectivity index (χ4v) is 4.35. The van der Waals surface area contributed by atoms with Gasteiger partial charge in [0, 0.05) is 26.4 Å². The normalized spacial score (nSPS) is 32.1. The maximum absolute atomic E-state index is 12.2. The van der Waals surface area contributed by atoms with Gasteiger partial charge in [0.25, 0.3) is 6.47 Å². The maximum atomic E-state index is 12.2. The van der Waals surface area contributed by atoms with E-state index in [1.54, 1.807) is 20.1 Å². The second-order valence-electron chi connectivity index (χ2n) is 9.30. The van der Waals surface area contributed by atoms with Gasteiger partial charge in [0.2, 0.25) is 5.91 Å². The molecular formula is C26H41NO6. The van der Waals surface area contributed by atoms with Crippen LogP contribution in [0.15, 0.2) is 36.0 Å². The minimum atomic E-state index is -0.433. The molecule has 7 atom stereocenters. The van der Waals surface area contributed by atoms with Crippen LogP contribution in [0.1, 0.15) is 53.4 Å². The van der Waals surface area contributed by atoms with Gasteiger partial charge in [-0.25, -0.2) is 0 Å². The number of nitrogens with one attached hydrogen (secondary N) is 1. The Hall–Kier alpha value is -1.96. The van der Waals surface area contributed by atoms with Crippen molar-refractivity contribution in [3.63, 3.8) is 0 Å². The molecule has 0 aromatic carbocycles. The van der Waals surface area contributed by atoms with Crippen molar-refractivity contribution in [2.24, 2.45) is 11.8 Å². The molecule has 33 heavy (non-hydrogen) atoms. The summed E-state index contributed by atoms with van der Waals surface area (Å²) in [4.78, 5) is 22.5. The predicted octanol–water partition coefficient (Wildman–Crippen LogP) is 3.74. The topological polar surface area (TPSA) is 83.1 Å². The number of ether oxygens (including phenoxy) is 4. The molecule has 2 aliphatic heterocycles. The summed E-state index contributed by atoms with van der Waals surface area (Å²) in [5.74, 6) is 0.677. The van der Waals surface area contributed by atoms with E-state index >= 15 is 0 Å². The van der Waals surface area contributed by atoms with E-state index in [1.165, 1.54) is 11.6 Å². The first-order valence-corrected chi connectivity index (χ1v) is 12.0. The van der Waals surface area contributed by atoms with E-state index in [9.17, 15) is 9.59 Å². The van der Waals surface area contributed by atoms with Gasteiger partial charge in [-0.15, -0.1) is 0 Å². The highest BCUT2D eigenvalue weighted by molar-refractivity contribution is 5.87. The van der Waals surface area contributed by atoms with Gasteiger partial charge in [0.05, 0.1) is 24.4 Å². The maximum Gasteiger partial charge on any atom is 0.293 e. The smallest absolute Gasteiger partial charge is 0.293 e. The van der Waals surface area contributed by atoms with Gasteiger partial charge in [-0.1, -0.05) is 30.7 Å². The number of amides is 1. The second-order valence-corrected chi connectivity index (χ2v) is 9.30. The number of hydrogen-bond donors (Lipinski definition) is 1. The fourth-order valence-electron chi connectivity index (χ4n) is 4.35. The van der Waals surface area contributed by atoms with Gasteiger partial charge in [-0.05, 0) is 64.4 Å². The van der Waals surface area contributed by atoms with E-state index in [4.69, 9.17) is 18.9 Å². The average Bonchev–Trinajstić information content (AvgIpc) is 2.78. The zero-order chi connectivity index (χ0) is 24.2. The molecule has 186 valence electrons. The Balaban J connectivity index is 1.80. The third-order valence-electron chi connectivity index (χ3n) is 6.40. The minimum Gasteiger partial charge on any atom is -0.461 e. The monoisotopic (exact) mass is 463 g/mol. The molecule has 1 amide bonds. The average molecular weight is 464 g/mol. The number of hydrogen-bond acceptors (Lipinski definition) is 6. The first-order chi connectivity index (χ1) is 15.8. The third kappa shape index (κ3) is 9.82. The molecule has 0 spiro atoms. The van der Waals surface area contributed by atoms with E-state index in [2.05, 4.69) is 37.4 Å². The molecule has 0 radical (unpaired) electrons. The van der Waals surface area contributed by atoms with E-state index in [0.29, 0.717) is 18.3 Å². The number of rotatable bonds is 11. The van der Waals surface area contributed by atoms with Crippen molar-refractivity contribution >= 4 is 12.4 Å². The van der Waals surface area contributed by atoms with Crippen molar-refractivity contribution in [1.29, 1.82) is 0 Å². The van der Waals surface area contributed by atoms with Crippen molar-refractivity contribution in [3.8, 4) is 0 Å². The molecule has 0 aromatic rings. The molecule has 2 rings (SSSR count). The van der Waals surface area contributed by atoms with E-state index in [0.717, 1.165) is 38.9 Å². The number of carbonyl (C=O) groups excluding carboxylic acids is 2. The summed E-state index contributed by atoms with van der Waals surface area (Å²) in [6.07, 6.45) is 13.0. The Kier molecular flexibility index (Phi) is 11.9. The Morgan fingerprint density at radius 3 is 2.76 bits per heavy atom. The van der Waals surface area contributed by atoms with Crippen molar-refractivity contribution in [3.05, 3.63) is 36.0 Å². The van der Waals surface area contributed by atoms with Crippen molar-refractivity contribution in [2.45, 2.75) is 83.8 Å². The highest BCUT2D eigenvalue weighted by Gasteiger charge is 2.33. The van der Waals surface area contributed by atoms with Crippen LogP contribution in [-0.4, -0.2) is 63.2 Å². The molecule has 0 saturated carbocycles. The van der Waals surface area contributed by atoms with E-state index < -0.39 is 6.10 Å². The summed E-state index contributed by atoms with van der Waals surface area (Å²) in [6.45, 7) is 9.92. The molecule has 6 unspecified atom stereocenters. The molecule has 7 heteroatoms. The van der Waals surface area contributed by atoms with Crippen LogP contribution >= 0.6 is 0 Å². The lowest BCUT2D eigenvalue weighted by molar-refractivity contribution is -0.131. The zero-order valence-electron chi connectivity index (χ0n) is 20.7. The summed E-state index contributed by atoms with van der Waals surface area (Å²) in [5.41, 5.74) is 1.20. The molecule has 2 heterocycles. The first kappa shape index (κ1) is 27.3. The SMILES string of the molecule is COCC1CCOC(/C=C/C(C)=C/CC2OC(C)C(NC(=O)/C=C\C(C)OC=O)C[C@@H]2C)C1. The van der Waals surface area contributed by atoms with Crippen LogP contribution in [-0.2, 0) is 28.5 Å². The Labute approximate surface area is 198 Å². The quantitative estimate of drug-likeness (QED) is 0.286. The first-order valence-electron chi connectivity index (χ1n) is 12.0. The number of methoxy groups -OCH3 is 1. The van der Waals surface area contributed by atoms with Crippen molar-refractivity contribution < 1.29 is 28.5 Å². The van der Waals surface area contributed by atoms with Crippen LogP contribution in [0.25, 0.3) is 0 Å². The third-order valence-corrected chi connectivity index (χ3v) is 6.40. The van der Waals surface area contributed by atoms with Gasteiger partial charge in [-0.3, -0.25) is 9.59 Å². The minimum absolute atomic E-state index is 0.0517. The molecule has 0 aliphatic carbocycles. The van der Waals surface area contributed by atoms with Crippen LogP contribution < -0.4 is 5.32 Å². The van der Waals surface area contributed by atoms with Gasteiger partial charge in [0.15, 0.2) is 0 Å². The van der Waals surface area contributed by atoms with Crippen LogP contribution in [0, 0.1) is 11.8 Å². The molecule has 2 fully saturated rings. The van der Waals surface area contributed by atoms with Crippen molar-refractivity contribution in [1.82, 2.24) is 5.32 Å². The Morgan fingerprint density at radius 2 is 2.03 bits per heavy atom. The fraction of sp³-hybridized carbons (Fsp3) is 0.692. The van der Waals surface area contributed by atoms with Crippen LogP contribution in [0.3, 0.4) is 0 Å². The van der Waals surface area contributed by atoms with E-state index in [1.807, 2.05) is 6.92 Å². The van der Waals surface area contributed by atoms with Gasteiger partial charge in [-0.2, -0.15) is 0 Å². The summed E-state index contributed by atoms with van der Waals surface area (Å²) < 4.78 is 22.1. The van der Waals surface area contributed by atoms with Crippen LogP contribution in [0.2, 0.25) is 0 Å². The molecule has 0 bridgehead atoms. The highest BCUT2D eigenvalue weighted by Crippen LogP contribution is 2.28. The van der Waals surface area contributed by atoms with Crippen LogP contribution in [0.5, 0.6) is 0 Å². The summed E-state index contributed by atoms with van der Waals surface area (Å²) >= 11 is 0. The second kappa shape index (κ2) is 14.3. The van der Waals surface area contributed by atoms with Gasteiger partial charge < -0.3 is 24.3 Å². The van der Waals surface area contributed by atoms with E-state index in [-0.39, 0.29) is 30.3 Å². The van der Waals surface area contributed by atoms with Crippen molar-refractivity contribution in [2.75, 3.05) is 20.3 Å². The van der Waals surface area contributed by atoms with Crippen LogP contribution in [0.4, 0.5) is 0 Å². The zero-order valence-corrected chi connectivity index (χ0v) is 20.7. The molecule has 7 nitrogen and oxygen atoms in total. The number of allylic oxidation sites excluding steroid dienone is 2. The summed E-state index contributed by atoms with van der Waals surface area (Å²) in [5, 5.41) is 3.01. The predicted molar refractivity (Wildman–Crippen MR) is 128 cm³/mol. The summed E-state index contributed by atoms with van der Waals surface area (Å²) in [7, 11) is 1.75. The molecule has 2 saturated heterocycles.